The number of amides is 1. The fraction of sp³-hybridized carbons (Fsp3) is 0.650. The molecule has 140 valence electrons. The topological polar surface area (TPSA) is 53.0 Å². The van der Waals surface area contributed by atoms with Gasteiger partial charge in [-0.3, -0.25) is 9.69 Å². The predicted molar refractivity (Wildman–Crippen MR) is 99.6 cm³/mol. The summed E-state index contributed by atoms with van der Waals surface area (Å²) < 4.78 is 5.45. The number of ether oxygens (including phenoxy) is 1. The van der Waals surface area contributed by atoms with Gasteiger partial charge < -0.3 is 14.7 Å². The van der Waals surface area contributed by atoms with E-state index in [0.717, 1.165) is 18.7 Å². The van der Waals surface area contributed by atoms with Gasteiger partial charge in [-0.1, -0.05) is 19.1 Å². The third-order valence-electron chi connectivity index (χ3n) is 5.41. The zero-order valence-electron chi connectivity index (χ0n) is 16.0. The number of hydrogen-bond acceptors (Lipinski definition) is 4. The molecule has 5 heteroatoms. The number of methoxy groups -OCH3 is 1. The average molecular weight is 348 g/mol. The number of hydrogen-bond donors (Lipinski definition) is 1. The number of aliphatic hydroxyl groups excluding tert-OH is 1. The summed E-state index contributed by atoms with van der Waals surface area (Å²) in [4.78, 5) is 16.9. The minimum atomic E-state index is -0.485. The zero-order valence-corrected chi connectivity index (χ0v) is 16.0. The van der Waals surface area contributed by atoms with E-state index in [1.165, 1.54) is 5.56 Å². The Kier molecular flexibility index (Phi) is 6.99. The molecule has 1 heterocycles. The van der Waals surface area contributed by atoms with Gasteiger partial charge in [0.1, 0.15) is 0 Å². The quantitative estimate of drug-likeness (QED) is 0.823. The second-order valence-corrected chi connectivity index (χ2v) is 7.19. The molecule has 1 amide bonds. The van der Waals surface area contributed by atoms with Crippen molar-refractivity contribution in [1.29, 1.82) is 0 Å². The van der Waals surface area contributed by atoms with Crippen LogP contribution in [0.5, 0.6) is 0 Å². The highest BCUT2D eigenvalue weighted by Crippen LogP contribution is 2.26. The molecule has 1 saturated heterocycles. The van der Waals surface area contributed by atoms with Crippen LogP contribution in [0.3, 0.4) is 0 Å². The van der Waals surface area contributed by atoms with Crippen molar-refractivity contribution in [3.63, 3.8) is 0 Å². The van der Waals surface area contributed by atoms with Crippen molar-refractivity contribution < 1.29 is 14.6 Å². The van der Waals surface area contributed by atoms with Crippen LogP contribution in [-0.4, -0.2) is 65.8 Å². The van der Waals surface area contributed by atoms with Crippen molar-refractivity contribution in [3.05, 3.63) is 35.4 Å². The van der Waals surface area contributed by atoms with E-state index >= 15 is 0 Å². The molecule has 1 aromatic carbocycles. The number of carbonyl (C=O) groups is 1. The van der Waals surface area contributed by atoms with Crippen molar-refractivity contribution in [3.8, 4) is 0 Å². The van der Waals surface area contributed by atoms with E-state index in [1.807, 2.05) is 17.0 Å². The molecule has 0 spiro atoms. The normalized spacial score (nSPS) is 17.3. The highest BCUT2D eigenvalue weighted by Gasteiger charge is 2.35. The van der Waals surface area contributed by atoms with Crippen LogP contribution in [0.15, 0.2) is 24.3 Å². The predicted octanol–water partition coefficient (Wildman–Crippen LogP) is 2.53. The molecule has 0 saturated carbocycles. The van der Waals surface area contributed by atoms with Crippen LogP contribution < -0.4 is 0 Å². The molecule has 0 aliphatic carbocycles. The van der Waals surface area contributed by atoms with Gasteiger partial charge in [0.15, 0.2) is 0 Å². The lowest BCUT2D eigenvalue weighted by molar-refractivity contribution is -0.0845. The number of nitrogens with zero attached hydrogens (tertiary/aromatic N) is 2. The molecule has 0 aromatic heterocycles. The van der Waals surface area contributed by atoms with Crippen LogP contribution in [0.4, 0.5) is 0 Å². The van der Waals surface area contributed by atoms with Crippen LogP contribution >= 0.6 is 0 Å². The summed E-state index contributed by atoms with van der Waals surface area (Å²) in [5, 5.41) is 9.51. The smallest absolute Gasteiger partial charge is 0.253 e. The highest BCUT2D eigenvalue weighted by molar-refractivity contribution is 5.94. The first-order valence-corrected chi connectivity index (χ1v) is 9.23. The van der Waals surface area contributed by atoms with Crippen LogP contribution in [0, 0.1) is 0 Å². The number of benzene rings is 1. The van der Waals surface area contributed by atoms with Gasteiger partial charge in [-0.25, -0.2) is 0 Å². The Balaban J connectivity index is 1.97. The molecule has 25 heavy (non-hydrogen) atoms. The third-order valence-corrected chi connectivity index (χ3v) is 5.41. The fourth-order valence-corrected chi connectivity index (χ4v) is 3.37. The largest absolute Gasteiger partial charge is 0.393 e. The first-order chi connectivity index (χ1) is 11.9. The van der Waals surface area contributed by atoms with Gasteiger partial charge in [0.25, 0.3) is 5.91 Å². The minimum Gasteiger partial charge on any atom is -0.393 e. The standard InChI is InChI=1S/C20H32N2O3/c1-5-21(16(2)3)14-17-6-8-18(9-7-17)19(24)22-12-10-20(15-23,25-4)11-13-22/h6-9,16,23H,5,10-15H2,1-4H3. The zero-order chi connectivity index (χ0) is 18.4. The van der Waals surface area contributed by atoms with Gasteiger partial charge in [0, 0.05) is 38.3 Å². The van der Waals surface area contributed by atoms with Crippen LogP contribution in [0.25, 0.3) is 0 Å². The third kappa shape index (κ3) is 4.81. The maximum atomic E-state index is 12.7. The Bertz CT molecular complexity index is 543. The minimum absolute atomic E-state index is 0.00398. The molecular formula is C20H32N2O3. The number of aliphatic hydroxyl groups is 1. The molecule has 0 unspecified atom stereocenters. The van der Waals surface area contributed by atoms with Crippen LogP contribution in [0.1, 0.15) is 49.5 Å². The average Bonchev–Trinajstić information content (AvgIpc) is 2.65. The highest BCUT2D eigenvalue weighted by atomic mass is 16.5. The molecule has 0 bridgehead atoms. The molecule has 1 aliphatic heterocycles. The lowest BCUT2D eigenvalue weighted by Gasteiger charge is -2.39. The molecule has 2 rings (SSSR count). The molecule has 1 N–H and O–H groups in total. The number of piperidine rings is 1. The lowest BCUT2D eigenvalue weighted by Crippen LogP contribution is -2.49. The molecule has 1 fully saturated rings. The SMILES string of the molecule is CCN(Cc1ccc(C(=O)N2CCC(CO)(OC)CC2)cc1)C(C)C. The van der Waals surface area contributed by atoms with Gasteiger partial charge in [-0.2, -0.15) is 0 Å². The Hall–Kier alpha value is -1.43. The van der Waals surface area contributed by atoms with Crippen molar-refractivity contribution >= 4 is 5.91 Å². The summed E-state index contributed by atoms with van der Waals surface area (Å²) in [7, 11) is 1.63. The number of rotatable bonds is 7. The van der Waals surface area contributed by atoms with Crippen molar-refractivity contribution in [2.45, 2.75) is 51.8 Å². The summed E-state index contributed by atoms with van der Waals surface area (Å²) in [6, 6.07) is 8.46. The van der Waals surface area contributed by atoms with E-state index in [0.29, 0.717) is 32.0 Å². The van der Waals surface area contributed by atoms with Crippen molar-refractivity contribution in [1.82, 2.24) is 9.80 Å². The van der Waals surface area contributed by atoms with Gasteiger partial charge >= 0.3 is 0 Å². The van der Waals surface area contributed by atoms with Gasteiger partial charge in [0.2, 0.25) is 0 Å². The van der Waals surface area contributed by atoms with Gasteiger partial charge in [-0.05, 0) is 50.9 Å². The molecule has 0 atom stereocenters. The number of likely N-dealkylation sites (tertiary alicyclic amines) is 1. The van der Waals surface area contributed by atoms with E-state index in [2.05, 4.69) is 37.8 Å². The molecule has 1 aliphatic rings. The van der Waals surface area contributed by atoms with E-state index in [-0.39, 0.29) is 12.5 Å². The fourth-order valence-electron chi connectivity index (χ4n) is 3.37. The van der Waals surface area contributed by atoms with E-state index in [9.17, 15) is 9.90 Å². The lowest BCUT2D eigenvalue weighted by atomic mass is 9.91. The Morgan fingerprint density at radius 3 is 2.32 bits per heavy atom. The molecule has 5 nitrogen and oxygen atoms in total. The van der Waals surface area contributed by atoms with E-state index < -0.39 is 5.60 Å². The summed E-state index contributed by atoms with van der Waals surface area (Å²) in [5.41, 5.74) is 1.47. The van der Waals surface area contributed by atoms with Gasteiger partial charge in [0.05, 0.1) is 12.2 Å². The molecule has 0 radical (unpaired) electrons. The maximum Gasteiger partial charge on any atom is 0.253 e. The van der Waals surface area contributed by atoms with Crippen LogP contribution in [0.2, 0.25) is 0 Å². The Labute approximate surface area is 151 Å². The Morgan fingerprint density at radius 2 is 1.88 bits per heavy atom. The van der Waals surface area contributed by atoms with Crippen molar-refractivity contribution in [2.75, 3.05) is 33.4 Å². The maximum absolute atomic E-state index is 12.7. The second-order valence-electron chi connectivity index (χ2n) is 7.19. The second kappa shape index (κ2) is 8.79. The molecule has 1 aromatic rings. The molecular weight excluding hydrogens is 316 g/mol. The first-order valence-electron chi connectivity index (χ1n) is 9.23. The summed E-state index contributed by atoms with van der Waals surface area (Å²) in [6.07, 6.45) is 1.34. The summed E-state index contributed by atoms with van der Waals surface area (Å²) in [5.74, 6) is 0.0606. The monoisotopic (exact) mass is 348 g/mol. The summed E-state index contributed by atoms with van der Waals surface area (Å²) >= 11 is 0. The van der Waals surface area contributed by atoms with Crippen LogP contribution in [-0.2, 0) is 11.3 Å². The van der Waals surface area contributed by atoms with E-state index in [4.69, 9.17) is 4.74 Å². The van der Waals surface area contributed by atoms with Gasteiger partial charge in [-0.15, -0.1) is 0 Å². The summed E-state index contributed by atoms with van der Waals surface area (Å²) in [6.45, 7) is 9.72. The van der Waals surface area contributed by atoms with Crippen molar-refractivity contribution in [2.24, 2.45) is 0 Å². The number of carbonyl (C=O) groups excluding carboxylic acids is 1. The van der Waals surface area contributed by atoms with E-state index in [1.54, 1.807) is 7.11 Å². The Morgan fingerprint density at radius 1 is 1.28 bits per heavy atom. The first kappa shape index (κ1) is 19.9.